The minimum atomic E-state index is -4.18. The lowest BCUT2D eigenvalue weighted by Gasteiger charge is -2.10. The van der Waals surface area contributed by atoms with Crippen LogP contribution in [0.2, 0.25) is 0 Å². The van der Waals surface area contributed by atoms with E-state index in [9.17, 15) is 18.5 Å². The number of hydrogen-bond acceptors (Lipinski definition) is 5. The molecule has 0 aliphatic rings. The molecule has 3 rings (SSSR count). The van der Waals surface area contributed by atoms with E-state index in [1.54, 1.807) is 42.5 Å². The molecule has 0 aliphatic heterocycles. The summed E-state index contributed by atoms with van der Waals surface area (Å²) in [5, 5.41) is 12.3. The molecule has 7 heteroatoms. The number of aryl methyl sites for hydroxylation is 1. The second kappa shape index (κ2) is 5.93. The van der Waals surface area contributed by atoms with Gasteiger partial charge in [0, 0.05) is 11.5 Å². The van der Waals surface area contributed by atoms with E-state index in [2.05, 4.69) is 0 Å². The van der Waals surface area contributed by atoms with Crippen molar-refractivity contribution in [1.82, 2.24) is 0 Å². The summed E-state index contributed by atoms with van der Waals surface area (Å²) in [6.45, 7) is 1.83. The van der Waals surface area contributed by atoms with Crippen molar-refractivity contribution >= 4 is 26.6 Å². The van der Waals surface area contributed by atoms with Crippen molar-refractivity contribution in [2.45, 2.75) is 11.8 Å². The van der Waals surface area contributed by atoms with Gasteiger partial charge in [-0.25, -0.2) is 0 Å². The summed E-state index contributed by atoms with van der Waals surface area (Å²) in [5.74, 6) is -0.279. The lowest BCUT2D eigenvalue weighted by atomic mass is 10.1. The molecule has 0 saturated heterocycles. The number of rotatable bonds is 4. The van der Waals surface area contributed by atoms with Crippen molar-refractivity contribution in [2.24, 2.45) is 0 Å². The Balaban J connectivity index is 2.16. The molecule has 6 nitrogen and oxygen atoms in total. The molecule has 0 spiro atoms. The third-order valence-electron chi connectivity index (χ3n) is 3.56. The summed E-state index contributed by atoms with van der Waals surface area (Å²) in [7, 11) is -4.18. The number of nitro benzene ring substituents is 1. The maximum Gasteiger partial charge on any atom is 0.339 e. The highest BCUT2D eigenvalue weighted by molar-refractivity contribution is 7.87. The molecular formula is C17H13NO5S. The molecule has 24 heavy (non-hydrogen) atoms. The molecule has 0 bridgehead atoms. The van der Waals surface area contributed by atoms with Crippen LogP contribution in [-0.4, -0.2) is 13.3 Å². The summed E-state index contributed by atoms with van der Waals surface area (Å²) in [6, 6.07) is 15.6. The average Bonchev–Trinajstić information content (AvgIpc) is 2.55. The van der Waals surface area contributed by atoms with Crippen LogP contribution in [0.3, 0.4) is 0 Å². The van der Waals surface area contributed by atoms with Gasteiger partial charge in [0.1, 0.15) is 4.90 Å². The van der Waals surface area contributed by atoms with Crippen molar-refractivity contribution in [1.29, 1.82) is 0 Å². The highest BCUT2D eigenvalue weighted by Crippen LogP contribution is 2.37. The molecule has 3 aromatic rings. The third kappa shape index (κ3) is 2.93. The molecule has 0 amide bonds. The molecule has 0 fully saturated rings. The smallest absolute Gasteiger partial charge is 0.339 e. The Kier molecular flexibility index (Phi) is 3.94. The molecule has 0 unspecified atom stereocenters. The predicted molar refractivity (Wildman–Crippen MR) is 89.6 cm³/mol. The Morgan fingerprint density at radius 3 is 2.29 bits per heavy atom. The van der Waals surface area contributed by atoms with E-state index in [0.29, 0.717) is 10.8 Å². The Morgan fingerprint density at radius 2 is 1.62 bits per heavy atom. The number of nitro groups is 1. The van der Waals surface area contributed by atoms with E-state index >= 15 is 0 Å². The van der Waals surface area contributed by atoms with Crippen LogP contribution in [-0.2, 0) is 10.1 Å². The summed E-state index contributed by atoms with van der Waals surface area (Å²) >= 11 is 0. The molecule has 0 heterocycles. The fourth-order valence-corrected chi connectivity index (χ4v) is 3.29. The zero-order valence-electron chi connectivity index (χ0n) is 12.7. The Labute approximate surface area is 138 Å². The third-order valence-corrected chi connectivity index (χ3v) is 4.79. The van der Waals surface area contributed by atoms with Crippen LogP contribution in [0.1, 0.15) is 5.56 Å². The first-order chi connectivity index (χ1) is 11.4. The quantitative estimate of drug-likeness (QED) is 0.408. The van der Waals surface area contributed by atoms with Crippen LogP contribution in [0, 0.1) is 17.0 Å². The van der Waals surface area contributed by atoms with Crippen LogP contribution in [0.4, 0.5) is 5.69 Å². The molecule has 0 atom stereocenters. The van der Waals surface area contributed by atoms with Gasteiger partial charge in [0.25, 0.3) is 0 Å². The van der Waals surface area contributed by atoms with Gasteiger partial charge >= 0.3 is 15.8 Å². The van der Waals surface area contributed by atoms with Crippen LogP contribution in [0.5, 0.6) is 5.75 Å². The predicted octanol–water partition coefficient (Wildman–Crippen LogP) is 3.82. The molecule has 0 N–H and O–H groups in total. The van der Waals surface area contributed by atoms with Gasteiger partial charge in [-0.2, -0.15) is 8.42 Å². The van der Waals surface area contributed by atoms with E-state index in [4.69, 9.17) is 4.18 Å². The van der Waals surface area contributed by atoms with Crippen molar-refractivity contribution < 1.29 is 17.5 Å². The molecule has 0 saturated carbocycles. The van der Waals surface area contributed by atoms with E-state index < -0.39 is 20.7 Å². The Hall–Kier alpha value is -2.93. The van der Waals surface area contributed by atoms with Gasteiger partial charge in [-0.05, 0) is 30.5 Å². The maximum atomic E-state index is 12.5. The molecule has 3 aromatic carbocycles. The van der Waals surface area contributed by atoms with Gasteiger partial charge in [-0.1, -0.05) is 42.0 Å². The normalized spacial score (nSPS) is 11.4. The van der Waals surface area contributed by atoms with Crippen LogP contribution in [0.25, 0.3) is 10.8 Å². The van der Waals surface area contributed by atoms with E-state index in [1.807, 2.05) is 6.92 Å². The van der Waals surface area contributed by atoms with E-state index in [0.717, 1.165) is 5.56 Å². The fourth-order valence-electron chi connectivity index (χ4n) is 2.33. The largest absolute Gasteiger partial charge is 0.371 e. The molecule has 0 radical (unpaired) electrons. The first-order valence-corrected chi connectivity index (χ1v) is 8.46. The van der Waals surface area contributed by atoms with E-state index in [1.165, 1.54) is 18.2 Å². The monoisotopic (exact) mass is 343 g/mol. The zero-order valence-corrected chi connectivity index (χ0v) is 13.5. The van der Waals surface area contributed by atoms with Crippen LogP contribution >= 0.6 is 0 Å². The van der Waals surface area contributed by atoms with Crippen molar-refractivity contribution in [3.8, 4) is 5.75 Å². The van der Waals surface area contributed by atoms with Gasteiger partial charge in [0.05, 0.1) is 4.92 Å². The van der Waals surface area contributed by atoms with E-state index in [-0.39, 0.29) is 10.6 Å². The first-order valence-electron chi connectivity index (χ1n) is 7.06. The lowest BCUT2D eigenvalue weighted by molar-refractivity contribution is -0.385. The minimum Gasteiger partial charge on any atom is -0.371 e. The summed E-state index contributed by atoms with van der Waals surface area (Å²) in [5.41, 5.74) is 0.495. The molecular weight excluding hydrogens is 330 g/mol. The Morgan fingerprint density at radius 1 is 0.958 bits per heavy atom. The average molecular weight is 343 g/mol. The molecule has 122 valence electrons. The van der Waals surface area contributed by atoms with Crippen molar-refractivity contribution in [3.05, 3.63) is 76.3 Å². The number of nitrogens with zero attached hydrogens (tertiary/aromatic N) is 1. The Bertz CT molecular complexity index is 1030. The second-order valence-corrected chi connectivity index (χ2v) is 6.79. The fraction of sp³-hybridized carbons (Fsp3) is 0.0588. The second-order valence-electron chi connectivity index (χ2n) is 5.24. The van der Waals surface area contributed by atoms with Crippen LogP contribution in [0.15, 0.2) is 65.6 Å². The SMILES string of the molecule is Cc1ccc(S(=O)(=O)Oc2c([N+](=O)[O-])ccc3ccccc23)cc1. The highest BCUT2D eigenvalue weighted by atomic mass is 32.2. The summed E-state index contributed by atoms with van der Waals surface area (Å²) in [4.78, 5) is 10.5. The number of fused-ring (bicyclic) bond motifs is 1. The standard InChI is InChI=1S/C17H13NO5S/c1-12-6-9-14(10-7-12)24(21,22)23-17-15-5-3-2-4-13(15)8-11-16(17)18(19)20/h2-11H,1H3. The summed E-state index contributed by atoms with van der Waals surface area (Å²) in [6.07, 6.45) is 0. The zero-order chi connectivity index (χ0) is 17.3. The first kappa shape index (κ1) is 15.9. The number of benzene rings is 3. The summed E-state index contributed by atoms with van der Waals surface area (Å²) < 4.78 is 30.1. The van der Waals surface area contributed by atoms with Gasteiger partial charge < -0.3 is 4.18 Å². The minimum absolute atomic E-state index is 0.0599. The van der Waals surface area contributed by atoms with Gasteiger partial charge in [-0.3, -0.25) is 10.1 Å². The van der Waals surface area contributed by atoms with Gasteiger partial charge in [-0.15, -0.1) is 0 Å². The van der Waals surface area contributed by atoms with Crippen molar-refractivity contribution in [2.75, 3.05) is 0 Å². The topological polar surface area (TPSA) is 86.5 Å². The molecule has 0 aromatic heterocycles. The van der Waals surface area contributed by atoms with Crippen LogP contribution < -0.4 is 4.18 Å². The maximum absolute atomic E-state index is 12.5. The van der Waals surface area contributed by atoms with Crippen molar-refractivity contribution in [3.63, 3.8) is 0 Å². The highest BCUT2D eigenvalue weighted by Gasteiger charge is 2.25. The van der Waals surface area contributed by atoms with Gasteiger partial charge in [0.2, 0.25) is 5.75 Å². The number of hydrogen-bond donors (Lipinski definition) is 0. The molecule has 0 aliphatic carbocycles. The lowest BCUT2D eigenvalue weighted by Crippen LogP contribution is -2.11. The van der Waals surface area contributed by atoms with Gasteiger partial charge in [0.15, 0.2) is 0 Å².